The van der Waals surface area contributed by atoms with Gasteiger partial charge < -0.3 is 4.57 Å². The molecule has 0 fully saturated rings. The molecule has 2 aromatic heterocycles. The van der Waals surface area contributed by atoms with Gasteiger partial charge in [-0.1, -0.05) is 255 Å². The SMILES string of the molecule is c1ccc(-c2ccc(-c3cc(-c4cc(-c5ccccc5)c(-n5c6cccc(-c7ccccc7)c6c6c(-c7ccccc7)cccc65)c(-c5ccccc5)c4)nc(-c4ccc(-c5ccccc5)cc4)n3)cc2)cc1. The number of hydrogen-bond acceptors (Lipinski definition) is 2. The van der Waals surface area contributed by atoms with Crippen molar-refractivity contribution in [3.8, 4) is 106 Å². The maximum atomic E-state index is 5.50. The van der Waals surface area contributed by atoms with Crippen molar-refractivity contribution in [1.29, 1.82) is 0 Å². The van der Waals surface area contributed by atoms with Crippen LogP contribution in [-0.2, 0) is 0 Å². The molecule has 3 heteroatoms. The minimum Gasteiger partial charge on any atom is -0.308 e. The molecule has 0 saturated carbocycles. The van der Waals surface area contributed by atoms with Crippen molar-refractivity contribution in [1.82, 2.24) is 14.5 Å². The van der Waals surface area contributed by atoms with E-state index in [1.807, 2.05) is 0 Å². The number of nitrogens with zero attached hydrogens (tertiary/aromatic N) is 3. The first-order valence-electron chi connectivity index (χ1n) is 24.9. The second kappa shape index (κ2) is 18.9. The van der Waals surface area contributed by atoms with Crippen molar-refractivity contribution in [2.75, 3.05) is 0 Å². The summed E-state index contributed by atoms with van der Waals surface area (Å²) in [7, 11) is 0. The lowest BCUT2D eigenvalue weighted by atomic mass is 9.91. The lowest BCUT2D eigenvalue weighted by Crippen LogP contribution is -2.03. The normalized spacial score (nSPS) is 11.3. The predicted molar refractivity (Wildman–Crippen MR) is 305 cm³/mol. The molecule has 0 spiro atoms. The molecule has 13 aromatic rings. The largest absolute Gasteiger partial charge is 0.308 e. The maximum Gasteiger partial charge on any atom is 0.160 e. The number of rotatable bonds is 10. The number of fused-ring (bicyclic) bond motifs is 3. The third-order valence-corrected chi connectivity index (χ3v) is 14.0. The highest BCUT2D eigenvalue weighted by Crippen LogP contribution is 2.48. The second-order valence-electron chi connectivity index (χ2n) is 18.5. The van der Waals surface area contributed by atoms with Crippen LogP contribution in [0.5, 0.6) is 0 Å². The molecule has 342 valence electrons. The molecule has 0 unspecified atom stereocenters. The summed E-state index contributed by atoms with van der Waals surface area (Å²) in [6, 6.07) is 102. The first kappa shape index (κ1) is 43.3. The Morgan fingerprint density at radius 2 is 0.534 bits per heavy atom. The smallest absolute Gasteiger partial charge is 0.160 e. The van der Waals surface area contributed by atoms with Gasteiger partial charge >= 0.3 is 0 Å². The van der Waals surface area contributed by atoms with Crippen LogP contribution in [0.2, 0.25) is 0 Å². The van der Waals surface area contributed by atoms with E-state index in [4.69, 9.17) is 9.97 Å². The van der Waals surface area contributed by atoms with Gasteiger partial charge in [0.15, 0.2) is 5.82 Å². The average Bonchev–Trinajstić information content (AvgIpc) is 3.82. The lowest BCUT2D eigenvalue weighted by Gasteiger charge is -2.21. The van der Waals surface area contributed by atoms with Crippen LogP contribution in [0, 0.1) is 0 Å². The summed E-state index contributed by atoms with van der Waals surface area (Å²) in [5, 5.41) is 2.43. The van der Waals surface area contributed by atoms with Crippen molar-refractivity contribution in [3.05, 3.63) is 285 Å². The van der Waals surface area contributed by atoms with Crippen molar-refractivity contribution in [3.63, 3.8) is 0 Å². The monoisotopic (exact) mass is 929 g/mol. The Morgan fingerprint density at radius 1 is 0.219 bits per heavy atom. The van der Waals surface area contributed by atoms with Gasteiger partial charge in [-0.25, -0.2) is 9.97 Å². The molecule has 0 N–H and O–H groups in total. The molecule has 0 saturated heterocycles. The van der Waals surface area contributed by atoms with E-state index < -0.39 is 0 Å². The Hall–Kier alpha value is -9.70. The number of hydrogen-bond donors (Lipinski definition) is 0. The van der Waals surface area contributed by atoms with Crippen LogP contribution < -0.4 is 0 Å². The van der Waals surface area contributed by atoms with E-state index in [-0.39, 0.29) is 0 Å². The summed E-state index contributed by atoms with van der Waals surface area (Å²) in [6.45, 7) is 0. The second-order valence-corrected chi connectivity index (χ2v) is 18.5. The van der Waals surface area contributed by atoms with Crippen molar-refractivity contribution < 1.29 is 0 Å². The molecule has 13 rings (SSSR count). The van der Waals surface area contributed by atoms with E-state index in [1.165, 1.54) is 44.2 Å². The topological polar surface area (TPSA) is 30.7 Å². The fraction of sp³-hybridized carbons (Fsp3) is 0. The summed E-state index contributed by atoms with van der Waals surface area (Å²) in [6.07, 6.45) is 0. The summed E-state index contributed by atoms with van der Waals surface area (Å²) in [5.41, 5.74) is 21.8. The Bertz CT molecular complexity index is 3800. The number of aromatic nitrogens is 3. The molecule has 2 heterocycles. The zero-order chi connectivity index (χ0) is 48.5. The molecule has 11 aromatic carbocycles. The summed E-state index contributed by atoms with van der Waals surface area (Å²) in [5.74, 6) is 0.662. The molecular formula is C70H47N3. The highest BCUT2D eigenvalue weighted by Gasteiger charge is 2.25. The third kappa shape index (κ3) is 8.19. The molecule has 0 atom stereocenters. The van der Waals surface area contributed by atoms with Gasteiger partial charge in [-0.3, -0.25) is 0 Å². The van der Waals surface area contributed by atoms with Gasteiger partial charge in [-0.2, -0.15) is 0 Å². The Morgan fingerprint density at radius 3 is 0.932 bits per heavy atom. The van der Waals surface area contributed by atoms with E-state index in [0.717, 1.165) is 78.2 Å². The van der Waals surface area contributed by atoms with Crippen LogP contribution >= 0.6 is 0 Å². The summed E-state index contributed by atoms with van der Waals surface area (Å²) < 4.78 is 2.53. The Labute approximate surface area is 425 Å². The van der Waals surface area contributed by atoms with Crippen LogP contribution in [0.25, 0.3) is 128 Å². The summed E-state index contributed by atoms with van der Waals surface area (Å²) in [4.78, 5) is 10.8. The average molecular weight is 930 g/mol. The molecule has 0 amide bonds. The third-order valence-electron chi connectivity index (χ3n) is 14.0. The minimum atomic E-state index is 0.662. The minimum absolute atomic E-state index is 0.662. The fourth-order valence-corrected chi connectivity index (χ4v) is 10.5. The molecule has 0 aliphatic heterocycles. The van der Waals surface area contributed by atoms with Crippen LogP contribution in [0.4, 0.5) is 0 Å². The molecule has 0 aliphatic rings. The van der Waals surface area contributed by atoms with Gasteiger partial charge in [-0.05, 0) is 86.0 Å². The van der Waals surface area contributed by atoms with E-state index in [0.29, 0.717) is 5.82 Å². The van der Waals surface area contributed by atoms with Crippen LogP contribution in [0.15, 0.2) is 285 Å². The first-order chi connectivity index (χ1) is 36.2. The van der Waals surface area contributed by atoms with Crippen LogP contribution in [-0.4, -0.2) is 14.5 Å². The Balaban J connectivity index is 1.09. The van der Waals surface area contributed by atoms with Gasteiger partial charge in [0.25, 0.3) is 0 Å². The molecule has 3 nitrogen and oxygen atoms in total. The van der Waals surface area contributed by atoms with Crippen molar-refractivity contribution >= 4 is 21.8 Å². The molecule has 0 aliphatic carbocycles. The molecular weight excluding hydrogens is 883 g/mol. The van der Waals surface area contributed by atoms with Crippen LogP contribution in [0.1, 0.15) is 0 Å². The van der Waals surface area contributed by atoms with Gasteiger partial charge in [0.05, 0.1) is 28.1 Å². The summed E-state index contributed by atoms with van der Waals surface area (Å²) >= 11 is 0. The maximum absolute atomic E-state index is 5.50. The van der Waals surface area contributed by atoms with Gasteiger partial charge in [0.1, 0.15) is 0 Å². The fourth-order valence-electron chi connectivity index (χ4n) is 10.5. The highest BCUT2D eigenvalue weighted by molar-refractivity contribution is 6.21. The molecule has 0 bridgehead atoms. The zero-order valence-corrected chi connectivity index (χ0v) is 40.0. The van der Waals surface area contributed by atoms with E-state index in [1.54, 1.807) is 0 Å². The van der Waals surface area contributed by atoms with E-state index in [9.17, 15) is 0 Å². The number of benzene rings is 11. The van der Waals surface area contributed by atoms with Crippen molar-refractivity contribution in [2.45, 2.75) is 0 Å². The van der Waals surface area contributed by atoms with E-state index >= 15 is 0 Å². The van der Waals surface area contributed by atoms with Gasteiger partial charge in [0, 0.05) is 38.6 Å². The van der Waals surface area contributed by atoms with Gasteiger partial charge in [-0.15, -0.1) is 0 Å². The van der Waals surface area contributed by atoms with Crippen molar-refractivity contribution in [2.24, 2.45) is 0 Å². The predicted octanol–water partition coefficient (Wildman–Crippen LogP) is 18.6. The van der Waals surface area contributed by atoms with Crippen LogP contribution in [0.3, 0.4) is 0 Å². The zero-order valence-electron chi connectivity index (χ0n) is 40.0. The highest BCUT2D eigenvalue weighted by atomic mass is 15.0. The molecule has 73 heavy (non-hydrogen) atoms. The molecule has 0 radical (unpaired) electrons. The van der Waals surface area contributed by atoms with E-state index in [2.05, 4.69) is 290 Å². The Kier molecular flexibility index (Phi) is 11.2. The lowest BCUT2D eigenvalue weighted by molar-refractivity contribution is 1.17. The standard InChI is InChI=1S/C70H47N3/c1-7-21-48(22-8-1)50-37-41-56(42-38-50)63-47-64(72-70(71-63)57-43-39-51(40-44-57)49-23-9-2-10-24-49)58-45-61(54-29-15-5-16-30-54)69(62(46-58)55-31-17-6-18-32-55)73-65-35-19-33-59(52-25-11-3-12-26-52)67(65)68-60(34-20-36-66(68)73)53-27-13-4-14-28-53/h1-47H. The quantitative estimate of drug-likeness (QED) is 0.137. The first-order valence-corrected chi connectivity index (χ1v) is 24.9. The van der Waals surface area contributed by atoms with Gasteiger partial charge in [0.2, 0.25) is 0 Å².